The van der Waals surface area contributed by atoms with Gasteiger partial charge in [-0.2, -0.15) is 0 Å². The van der Waals surface area contributed by atoms with Crippen LogP contribution in [0.2, 0.25) is 0 Å². The minimum atomic E-state index is -4.12. The molecule has 0 saturated carbocycles. The molecule has 0 aliphatic carbocycles. The maximum Gasteiger partial charge on any atom is 0.240 e. The molecular weight excluding hydrogens is 629 g/mol. The van der Waals surface area contributed by atoms with Crippen LogP contribution in [0.1, 0.15) is 37.1 Å². The number of nitrogens with zero attached hydrogens (tertiary/aromatic N) is 3. The number of sulfonamides is 1. The van der Waals surface area contributed by atoms with E-state index >= 15 is 8.78 Å². The summed E-state index contributed by atoms with van der Waals surface area (Å²) in [6.07, 6.45) is 2.16. The van der Waals surface area contributed by atoms with Crippen LogP contribution >= 0.6 is 11.8 Å². The van der Waals surface area contributed by atoms with Crippen molar-refractivity contribution < 1.29 is 35.2 Å². The van der Waals surface area contributed by atoms with Gasteiger partial charge in [0.2, 0.25) is 10.0 Å². The predicted octanol–water partition coefficient (Wildman–Crippen LogP) is 6.43. The molecule has 0 aliphatic heterocycles. The van der Waals surface area contributed by atoms with Crippen molar-refractivity contribution in [3.8, 4) is 11.4 Å². The van der Waals surface area contributed by atoms with Crippen LogP contribution in [-0.2, 0) is 21.2 Å². The number of aromatic nitrogens is 2. The average Bonchev–Trinajstić information content (AvgIpc) is 3.39. The van der Waals surface area contributed by atoms with Crippen LogP contribution < -0.4 is 9.46 Å². The molecule has 0 aliphatic rings. The first-order valence-electron chi connectivity index (χ1n) is 14.1. The molecule has 242 valence electrons. The third-order valence-corrected chi connectivity index (χ3v) is 9.82. The highest BCUT2D eigenvalue weighted by atomic mass is 32.2. The molecule has 0 fully saturated rings. The maximum absolute atomic E-state index is 15.2. The summed E-state index contributed by atoms with van der Waals surface area (Å²) in [5.74, 6) is -3.12. The molecule has 7 nitrogen and oxygen atoms in total. The van der Waals surface area contributed by atoms with E-state index in [1.165, 1.54) is 25.3 Å². The fraction of sp³-hybridized carbons (Fsp3) is 0.344. The van der Waals surface area contributed by atoms with E-state index in [-0.39, 0.29) is 23.6 Å². The van der Waals surface area contributed by atoms with E-state index in [0.29, 0.717) is 39.5 Å². The Morgan fingerprint density at radius 3 is 2.20 bits per heavy atom. The third kappa shape index (κ3) is 8.07. The zero-order chi connectivity index (χ0) is 33.2. The van der Waals surface area contributed by atoms with Crippen LogP contribution in [-0.4, -0.2) is 63.8 Å². The molecule has 0 bridgehead atoms. The monoisotopic (exact) mass is 665 g/mol. The first-order valence-corrected chi connectivity index (χ1v) is 16.6. The Morgan fingerprint density at radius 1 is 0.956 bits per heavy atom. The molecule has 4 aromatic rings. The highest BCUT2D eigenvalue weighted by Crippen LogP contribution is 2.38. The number of quaternary nitrogens is 1. The quantitative estimate of drug-likeness (QED) is 0.0772. The van der Waals surface area contributed by atoms with Gasteiger partial charge in [0.05, 0.1) is 51.6 Å². The van der Waals surface area contributed by atoms with Crippen molar-refractivity contribution in [3.63, 3.8) is 0 Å². The Labute approximate surface area is 265 Å². The lowest BCUT2D eigenvalue weighted by molar-refractivity contribution is -0.870. The minimum absolute atomic E-state index is 0.0683. The first-order chi connectivity index (χ1) is 21.0. The van der Waals surface area contributed by atoms with Gasteiger partial charge in [0, 0.05) is 35.4 Å². The standard InChI is InChI=1S/C32H37F4N4O3S2/c1-32(2,21-8-13-26(34)29(16-21)43-6)30-19-37-31(39(30)23-11-9-22(33)10-12-23)44-20-25-27(35)17-24(18-28(25)36)45(41,42)38-14-7-15-40(3,4)5/h8-13,16-19,38H,7,14-15,20H2,1-6H3/q+1. The lowest BCUT2D eigenvalue weighted by Gasteiger charge is -2.28. The zero-order valence-electron chi connectivity index (χ0n) is 26.0. The van der Waals surface area contributed by atoms with Gasteiger partial charge in [-0.25, -0.2) is 35.7 Å². The van der Waals surface area contributed by atoms with Crippen molar-refractivity contribution in [3.05, 3.63) is 101 Å². The van der Waals surface area contributed by atoms with Gasteiger partial charge in [-0.15, -0.1) is 0 Å². The van der Waals surface area contributed by atoms with Gasteiger partial charge in [-0.1, -0.05) is 31.7 Å². The van der Waals surface area contributed by atoms with Crippen molar-refractivity contribution in [2.24, 2.45) is 0 Å². The number of hydrogen-bond acceptors (Lipinski definition) is 5. The van der Waals surface area contributed by atoms with Crippen LogP contribution in [0.5, 0.6) is 5.75 Å². The Bertz CT molecular complexity index is 1750. The Kier molecular flexibility index (Phi) is 10.4. The van der Waals surface area contributed by atoms with Gasteiger partial charge < -0.3 is 9.22 Å². The van der Waals surface area contributed by atoms with E-state index in [1.807, 2.05) is 35.0 Å². The van der Waals surface area contributed by atoms with Crippen molar-refractivity contribution in [1.29, 1.82) is 0 Å². The van der Waals surface area contributed by atoms with E-state index in [9.17, 15) is 17.2 Å². The molecule has 4 rings (SSSR count). The molecular formula is C32H37F4N4O3S2+. The first kappa shape index (κ1) is 34.5. The number of benzene rings is 3. The second-order valence-electron chi connectivity index (χ2n) is 12.1. The van der Waals surface area contributed by atoms with Crippen LogP contribution in [0.3, 0.4) is 0 Å². The highest BCUT2D eigenvalue weighted by Gasteiger charge is 2.31. The summed E-state index contributed by atoms with van der Waals surface area (Å²) >= 11 is 1.03. The van der Waals surface area contributed by atoms with Crippen molar-refractivity contribution in [2.75, 3.05) is 41.3 Å². The Hall–Kier alpha value is -3.39. The fourth-order valence-corrected chi connectivity index (χ4v) is 6.87. The second-order valence-corrected chi connectivity index (χ2v) is 14.8. The molecule has 45 heavy (non-hydrogen) atoms. The van der Waals surface area contributed by atoms with Gasteiger partial charge >= 0.3 is 0 Å². The molecule has 1 N–H and O–H groups in total. The summed E-state index contributed by atoms with van der Waals surface area (Å²) in [4.78, 5) is 4.03. The molecule has 0 amide bonds. The SMILES string of the molecule is COc1cc(C(C)(C)c2cnc(SCc3c(F)cc(S(=O)(=O)NCCC[N+](C)(C)C)cc3F)n2-c2ccc(F)cc2)ccc1F. The van der Waals surface area contributed by atoms with Gasteiger partial charge in [-0.3, -0.25) is 4.57 Å². The zero-order valence-corrected chi connectivity index (χ0v) is 27.6. The van der Waals surface area contributed by atoms with Gasteiger partial charge in [-0.05, 0) is 54.1 Å². The number of rotatable bonds is 13. The number of ether oxygens (including phenoxy) is 1. The van der Waals surface area contributed by atoms with Crippen LogP contribution in [0, 0.1) is 23.3 Å². The fourth-order valence-electron chi connectivity index (χ4n) is 4.77. The number of methoxy groups -OCH3 is 1. The molecule has 1 heterocycles. The smallest absolute Gasteiger partial charge is 0.240 e. The van der Waals surface area contributed by atoms with E-state index in [2.05, 4.69) is 9.71 Å². The maximum atomic E-state index is 15.2. The third-order valence-electron chi connectivity index (χ3n) is 7.40. The van der Waals surface area contributed by atoms with Crippen molar-refractivity contribution in [1.82, 2.24) is 14.3 Å². The minimum Gasteiger partial charge on any atom is -0.494 e. The van der Waals surface area contributed by atoms with E-state index in [4.69, 9.17) is 4.74 Å². The Morgan fingerprint density at radius 2 is 1.60 bits per heavy atom. The number of thioether (sulfide) groups is 1. The second kappa shape index (κ2) is 13.5. The largest absolute Gasteiger partial charge is 0.494 e. The summed E-state index contributed by atoms with van der Waals surface area (Å²) < 4.78 is 93.9. The lowest BCUT2D eigenvalue weighted by Crippen LogP contribution is -2.37. The number of nitrogens with one attached hydrogen (secondary N) is 1. The normalized spacial score (nSPS) is 12.5. The van der Waals surface area contributed by atoms with E-state index in [1.54, 1.807) is 35.0 Å². The topological polar surface area (TPSA) is 73.2 Å². The van der Waals surface area contributed by atoms with Gasteiger partial charge in [0.15, 0.2) is 16.7 Å². The summed E-state index contributed by atoms with van der Waals surface area (Å²) in [5.41, 5.74) is 0.811. The molecule has 13 heteroatoms. The molecule has 0 radical (unpaired) electrons. The summed E-state index contributed by atoms with van der Waals surface area (Å²) in [6.45, 7) is 4.65. The highest BCUT2D eigenvalue weighted by molar-refractivity contribution is 7.98. The van der Waals surface area contributed by atoms with Crippen LogP contribution in [0.15, 0.2) is 70.8 Å². The Balaban J connectivity index is 1.64. The van der Waals surface area contributed by atoms with Crippen molar-refractivity contribution >= 4 is 21.8 Å². The molecule has 3 aromatic carbocycles. The molecule has 0 unspecified atom stereocenters. The molecule has 0 atom stereocenters. The van der Waals surface area contributed by atoms with Crippen LogP contribution in [0.25, 0.3) is 5.69 Å². The summed E-state index contributed by atoms with van der Waals surface area (Å²) in [5, 5.41) is 0.355. The van der Waals surface area contributed by atoms with Gasteiger partial charge in [0.1, 0.15) is 17.5 Å². The molecule has 0 spiro atoms. The average molecular weight is 666 g/mol. The number of hydrogen-bond donors (Lipinski definition) is 1. The number of halogens is 4. The predicted molar refractivity (Wildman–Crippen MR) is 167 cm³/mol. The molecule has 1 aromatic heterocycles. The van der Waals surface area contributed by atoms with E-state index in [0.717, 1.165) is 23.9 Å². The van der Waals surface area contributed by atoms with Gasteiger partial charge in [0.25, 0.3) is 0 Å². The van der Waals surface area contributed by atoms with Crippen LogP contribution in [0.4, 0.5) is 17.6 Å². The summed E-state index contributed by atoms with van der Waals surface area (Å²) in [6, 6.07) is 11.8. The molecule has 0 saturated heterocycles. The van der Waals surface area contributed by atoms with Crippen molar-refractivity contribution in [2.45, 2.75) is 41.5 Å². The lowest BCUT2D eigenvalue weighted by atomic mass is 9.81. The van der Waals surface area contributed by atoms with E-state index < -0.39 is 43.6 Å². The summed E-state index contributed by atoms with van der Waals surface area (Å²) in [7, 11) is 3.19. The number of imidazole rings is 1.